The van der Waals surface area contributed by atoms with Gasteiger partial charge in [-0.1, -0.05) is 17.7 Å². The average molecular weight is 428 g/mol. The molecule has 2 aromatic heterocycles. The number of nitrogens with one attached hydrogen (secondary N) is 2. The molecule has 0 spiro atoms. The fourth-order valence-electron chi connectivity index (χ4n) is 2.65. The van der Waals surface area contributed by atoms with Crippen LogP contribution < -0.4 is 10.0 Å². The van der Waals surface area contributed by atoms with Crippen molar-refractivity contribution in [3.8, 4) is 0 Å². The molecule has 0 saturated heterocycles. The van der Waals surface area contributed by atoms with Crippen LogP contribution in [0.4, 0.5) is 11.5 Å². The van der Waals surface area contributed by atoms with E-state index >= 15 is 0 Å². The van der Waals surface area contributed by atoms with Gasteiger partial charge in [0, 0.05) is 28.5 Å². The zero-order chi connectivity index (χ0) is 20.4. The number of carbonyl (C=O) groups is 1. The molecule has 0 radical (unpaired) electrons. The van der Waals surface area contributed by atoms with Crippen molar-refractivity contribution in [2.75, 3.05) is 10.0 Å². The average Bonchev–Trinajstić information content (AvgIpc) is 3.20. The van der Waals surface area contributed by atoms with Crippen molar-refractivity contribution in [3.63, 3.8) is 0 Å². The first-order valence-electron chi connectivity index (χ1n) is 8.41. The van der Waals surface area contributed by atoms with E-state index in [0.717, 1.165) is 0 Å². The van der Waals surface area contributed by atoms with Crippen molar-refractivity contribution >= 4 is 44.7 Å². The van der Waals surface area contributed by atoms with Crippen molar-refractivity contribution in [2.45, 2.75) is 4.90 Å². The van der Waals surface area contributed by atoms with Gasteiger partial charge in [-0.3, -0.25) is 9.52 Å². The second-order valence-electron chi connectivity index (χ2n) is 6.03. The summed E-state index contributed by atoms with van der Waals surface area (Å²) >= 11 is 5.82. The van der Waals surface area contributed by atoms with Crippen molar-refractivity contribution in [1.29, 1.82) is 0 Å². The number of fused-ring (bicyclic) bond motifs is 1. The van der Waals surface area contributed by atoms with Crippen LogP contribution >= 0.6 is 11.6 Å². The van der Waals surface area contributed by atoms with E-state index < -0.39 is 15.9 Å². The predicted molar refractivity (Wildman–Crippen MR) is 110 cm³/mol. The summed E-state index contributed by atoms with van der Waals surface area (Å²) in [6.45, 7) is 0. The first-order chi connectivity index (χ1) is 13.9. The second-order valence-corrected chi connectivity index (χ2v) is 8.14. The molecule has 0 saturated carbocycles. The topological polar surface area (TPSA) is 105 Å². The lowest BCUT2D eigenvalue weighted by atomic mass is 10.2. The van der Waals surface area contributed by atoms with E-state index in [9.17, 15) is 13.2 Å². The molecule has 8 nitrogen and oxygen atoms in total. The molecule has 2 heterocycles. The smallest absolute Gasteiger partial charge is 0.261 e. The summed E-state index contributed by atoms with van der Waals surface area (Å²) in [6.07, 6.45) is 3.11. The van der Waals surface area contributed by atoms with Crippen molar-refractivity contribution < 1.29 is 13.2 Å². The fourth-order valence-corrected chi connectivity index (χ4v) is 3.88. The van der Waals surface area contributed by atoms with Gasteiger partial charge in [-0.15, -0.1) is 0 Å². The molecule has 0 aliphatic rings. The number of hydrogen-bond acceptors (Lipinski definition) is 5. The molecule has 0 unspecified atom stereocenters. The molecule has 0 aliphatic carbocycles. The van der Waals surface area contributed by atoms with Gasteiger partial charge in [-0.05, 0) is 48.5 Å². The van der Waals surface area contributed by atoms with Gasteiger partial charge in [0.25, 0.3) is 15.9 Å². The first-order valence-corrected chi connectivity index (χ1v) is 10.3. The van der Waals surface area contributed by atoms with Gasteiger partial charge in [0.05, 0.1) is 11.1 Å². The molecule has 0 aliphatic heterocycles. The van der Waals surface area contributed by atoms with Crippen LogP contribution in [0.1, 0.15) is 10.4 Å². The summed E-state index contributed by atoms with van der Waals surface area (Å²) < 4.78 is 29.3. The molecule has 2 N–H and O–H groups in total. The van der Waals surface area contributed by atoms with E-state index in [2.05, 4.69) is 20.1 Å². The van der Waals surface area contributed by atoms with Crippen molar-refractivity contribution in [3.05, 3.63) is 83.6 Å². The molecular formula is C19H14ClN5O3S. The second kappa shape index (κ2) is 7.53. The third kappa shape index (κ3) is 4.05. The number of benzene rings is 2. The minimum Gasteiger partial charge on any atom is -0.306 e. The minimum absolute atomic E-state index is 0.0425. The summed E-state index contributed by atoms with van der Waals surface area (Å²) in [5.41, 5.74) is 1.12. The quantitative estimate of drug-likeness (QED) is 0.507. The molecule has 4 rings (SSSR count). The molecule has 0 bridgehead atoms. The summed E-state index contributed by atoms with van der Waals surface area (Å²) in [5, 5.41) is 7.31. The molecule has 1 amide bonds. The van der Waals surface area contributed by atoms with Crippen LogP contribution in [0, 0.1) is 0 Å². The van der Waals surface area contributed by atoms with Gasteiger partial charge in [-0.25, -0.2) is 13.4 Å². The van der Waals surface area contributed by atoms with Gasteiger partial charge >= 0.3 is 0 Å². The highest BCUT2D eigenvalue weighted by atomic mass is 35.5. The van der Waals surface area contributed by atoms with Crippen LogP contribution in [0.5, 0.6) is 0 Å². The number of anilines is 2. The number of aromatic nitrogens is 3. The van der Waals surface area contributed by atoms with Crippen molar-refractivity contribution in [1.82, 2.24) is 14.6 Å². The summed E-state index contributed by atoms with van der Waals surface area (Å²) in [6, 6.07) is 15.3. The van der Waals surface area contributed by atoms with Gasteiger partial charge in [0.2, 0.25) is 0 Å². The molecule has 10 heteroatoms. The van der Waals surface area contributed by atoms with Gasteiger partial charge in [0.15, 0.2) is 5.65 Å². The Morgan fingerprint density at radius 1 is 1.00 bits per heavy atom. The molecule has 29 heavy (non-hydrogen) atoms. The normalized spacial score (nSPS) is 11.3. The Bertz CT molecular complexity index is 1300. The molecule has 0 atom stereocenters. The van der Waals surface area contributed by atoms with Gasteiger partial charge in [0.1, 0.15) is 5.82 Å². The summed E-state index contributed by atoms with van der Waals surface area (Å²) in [7, 11) is -3.88. The highest BCUT2D eigenvalue weighted by Gasteiger charge is 2.17. The number of carbonyl (C=O) groups excluding carboxylic acids is 1. The highest BCUT2D eigenvalue weighted by Crippen LogP contribution is 2.20. The van der Waals surface area contributed by atoms with Crippen molar-refractivity contribution in [2.24, 2.45) is 0 Å². The Labute approximate surface area is 171 Å². The number of amides is 1. The van der Waals surface area contributed by atoms with E-state index in [-0.39, 0.29) is 10.5 Å². The Morgan fingerprint density at radius 2 is 1.79 bits per heavy atom. The third-order valence-electron chi connectivity index (χ3n) is 4.03. The van der Waals surface area contributed by atoms with Crippen LogP contribution in [0.3, 0.4) is 0 Å². The van der Waals surface area contributed by atoms with Crippen LogP contribution in [-0.4, -0.2) is 28.9 Å². The maximum atomic E-state index is 12.7. The SMILES string of the molecule is O=C(Nc1ccnc2ccnn12)c1cccc(S(=O)(=O)Nc2ccc(Cl)cc2)c1. The lowest BCUT2D eigenvalue weighted by molar-refractivity contribution is 0.102. The fraction of sp³-hybridized carbons (Fsp3) is 0. The third-order valence-corrected chi connectivity index (χ3v) is 5.67. The molecule has 146 valence electrons. The Kier molecular flexibility index (Phi) is 4.91. The predicted octanol–water partition coefficient (Wildman–Crippen LogP) is 3.44. The molecule has 2 aromatic carbocycles. The van der Waals surface area contributed by atoms with E-state index in [1.807, 2.05) is 0 Å². The Balaban J connectivity index is 1.58. The summed E-state index contributed by atoms with van der Waals surface area (Å²) in [5.74, 6) is -0.0610. The molecule has 4 aromatic rings. The molecule has 0 fully saturated rings. The number of nitrogens with zero attached hydrogens (tertiary/aromatic N) is 3. The van der Waals surface area contributed by atoms with E-state index in [1.54, 1.807) is 48.8 Å². The number of hydrogen-bond donors (Lipinski definition) is 2. The monoisotopic (exact) mass is 427 g/mol. The lowest BCUT2D eigenvalue weighted by Crippen LogP contribution is -2.17. The van der Waals surface area contributed by atoms with Crippen LogP contribution in [0.25, 0.3) is 5.65 Å². The lowest BCUT2D eigenvalue weighted by Gasteiger charge is -2.10. The first kappa shape index (κ1) is 18.9. The van der Waals surface area contributed by atoms with Gasteiger partial charge in [-0.2, -0.15) is 9.61 Å². The van der Waals surface area contributed by atoms with E-state index in [0.29, 0.717) is 22.2 Å². The standard InChI is InChI=1S/C19H14ClN5O3S/c20-14-4-6-15(7-5-14)24-29(27,28)16-3-1-2-13(12-16)19(26)23-18-8-10-21-17-9-11-22-25(17)18/h1-12,24H,(H,23,26). The largest absolute Gasteiger partial charge is 0.306 e. The summed E-state index contributed by atoms with van der Waals surface area (Å²) in [4.78, 5) is 16.7. The van der Waals surface area contributed by atoms with Crippen LogP contribution in [0.15, 0.2) is 78.0 Å². The van der Waals surface area contributed by atoms with E-state index in [4.69, 9.17) is 11.6 Å². The maximum Gasteiger partial charge on any atom is 0.261 e. The molecular weight excluding hydrogens is 414 g/mol. The number of halogens is 1. The highest BCUT2D eigenvalue weighted by molar-refractivity contribution is 7.92. The van der Waals surface area contributed by atoms with E-state index in [1.165, 1.54) is 28.8 Å². The van der Waals surface area contributed by atoms with Gasteiger partial charge < -0.3 is 5.32 Å². The van der Waals surface area contributed by atoms with Crippen LogP contribution in [-0.2, 0) is 10.0 Å². The maximum absolute atomic E-state index is 12.7. The minimum atomic E-state index is -3.88. The Hall–Kier alpha value is -3.43. The number of rotatable bonds is 5. The number of sulfonamides is 1. The zero-order valence-corrected chi connectivity index (χ0v) is 16.4. The van der Waals surface area contributed by atoms with Crippen LogP contribution in [0.2, 0.25) is 5.02 Å². The Morgan fingerprint density at radius 3 is 2.59 bits per heavy atom. The zero-order valence-electron chi connectivity index (χ0n) is 14.8.